The van der Waals surface area contributed by atoms with Crippen molar-refractivity contribution in [3.8, 4) is 11.5 Å². The highest BCUT2D eigenvalue weighted by Gasteiger charge is 2.20. The van der Waals surface area contributed by atoms with Crippen molar-refractivity contribution in [2.75, 3.05) is 6.61 Å². The molecule has 0 saturated carbocycles. The number of aliphatic hydroxyl groups is 1. The van der Waals surface area contributed by atoms with Crippen LogP contribution in [0.5, 0.6) is 11.5 Å². The van der Waals surface area contributed by atoms with Crippen molar-refractivity contribution in [1.29, 1.82) is 0 Å². The summed E-state index contributed by atoms with van der Waals surface area (Å²) in [5.41, 5.74) is -0.614. The Labute approximate surface area is 93.4 Å². The number of aliphatic hydroxyl groups excluding tert-OH is 1. The van der Waals surface area contributed by atoms with Gasteiger partial charge in [0.05, 0.1) is 12.1 Å². The molecule has 0 unspecified atom stereocenters. The van der Waals surface area contributed by atoms with Crippen molar-refractivity contribution >= 4 is 5.91 Å². The molecule has 0 heterocycles. The number of carbonyl (C=O) groups excluding carboxylic acids is 1. The van der Waals surface area contributed by atoms with Gasteiger partial charge in [-0.1, -0.05) is 0 Å². The summed E-state index contributed by atoms with van der Waals surface area (Å²) in [6, 6.07) is 3.61. The van der Waals surface area contributed by atoms with E-state index in [0.29, 0.717) is 0 Å². The van der Waals surface area contributed by atoms with Crippen LogP contribution in [0.4, 0.5) is 0 Å². The van der Waals surface area contributed by atoms with E-state index in [2.05, 4.69) is 5.32 Å². The van der Waals surface area contributed by atoms with E-state index < -0.39 is 11.4 Å². The third-order valence-electron chi connectivity index (χ3n) is 2.01. The van der Waals surface area contributed by atoms with E-state index >= 15 is 0 Å². The number of hydrogen-bond donors (Lipinski definition) is 4. The lowest BCUT2D eigenvalue weighted by Crippen LogP contribution is -2.46. The summed E-state index contributed by atoms with van der Waals surface area (Å²) in [5, 5.41) is 30.0. The summed E-state index contributed by atoms with van der Waals surface area (Å²) in [7, 11) is 0. The number of carbonyl (C=O) groups is 1. The third-order valence-corrected chi connectivity index (χ3v) is 2.01. The first kappa shape index (κ1) is 12.3. The van der Waals surface area contributed by atoms with Crippen LogP contribution in [0.1, 0.15) is 24.2 Å². The number of rotatable bonds is 3. The molecular weight excluding hydrogens is 210 g/mol. The normalized spacial score (nSPS) is 11.2. The van der Waals surface area contributed by atoms with E-state index in [4.69, 9.17) is 5.11 Å². The summed E-state index contributed by atoms with van der Waals surface area (Å²) in [6.45, 7) is 3.12. The minimum Gasteiger partial charge on any atom is -0.508 e. The maximum atomic E-state index is 11.7. The fourth-order valence-electron chi connectivity index (χ4n) is 1.15. The maximum Gasteiger partial charge on any atom is 0.252 e. The number of phenolic OH excluding ortho intramolecular Hbond substituents is 2. The van der Waals surface area contributed by atoms with Gasteiger partial charge in [0.15, 0.2) is 0 Å². The highest BCUT2D eigenvalue weighted by Crippen LogP contribution is 2.20. The first-order valence-corrected chi connectivity index (χ1v) is 4.80. The Morgan fingerprint density at radius 2 is 1.75 bits per heavy atom. The van der Waals surface area contributed by atoms with Crippen LogP contribution in [0, 0.1) is 0 Å². The molecule has 0 saturated heterocycles. The van der Waals surface area contributed by atoms with E-state index in [0.717, 1.165) is 6.07 Å². The first-order valence-electron chi connectivity index (χ1n) is 4.80. The molecule has 1 aromatic carbocycles. The molecule has 88 valence electrons. The molecule has 0 aromatic heterocycles. The van der Waals surface area contributed by atoms with Gasteiger partial charge in [0.1, 0.15) is 11.5 Å². The average Bonchev–Trinajstić information content (AvgIpc) is 2.15. The van der Waals surface area contributed by atoms with E-state index in [1.807, 2.05) is 0 Å². The van der Waals surface area contributed by atoms with Gasteiger partial charge in [-0.3, -0.25) is 4.79 Å². The van der Waals surface area contributed by atoms with Crippen LogP contribution in [0.2, 0.25) is 0 Å². The van der Waals surface area contributed by atoms with Gasteiger partial charge in [0.25, 0.3) is 5.91 Å². The summed E-state index contributed by atoms with van der Waals surface area (Å²) >= 11 is 0. The van der Waals surface area contributed by atoms with Crippen molar-refractivity contribution < 1.29 is 20.1 Å². The SMILES string of the molecule is CC(C)(CO)NC(=O)c1cc(O)cc(O)c1. The van der Waals surface area contributed by atoms with Crippen molar-refractivity contribution in [3.05, 3.63) is 23.8 Å². The molecule has 1 rings (SSSR count). The molecule has 4 N–H and O–H groups in total. The quantitative estimate of drug-likeness (QED) is 0.606. The second kappa shape index (κ2) is 4.40. The summed E-state index contributed by atoms with van der Waals surface area (Å²) in [4.78, 5) is 11.7. The van der Waals surface area contributed by atoms with Gasteiger partial charge in [0, 0.05) is 11.6 Å². The Balaban J connectivity index is 2.89. The van der Waals surface area contributed by atoms with Gasteiger partial charge in [-0.25, -0.2) is 0 Å². The highest BCUT2D eigenvalue weighted by molar-refractivity contribution is 5.95. The molecule has 0 bridgehead atoms. The fraction of sp³-hybridized carbons (Fsp3) is 0.364. The molecule has 1 amide bonds. The van der Waals surface area contributed by atoms with Gasteiger partial charge in [-0.15, -0.1) is 0 Å². The Morgan fingerprint density at radius 3 is 2.19 bits per heavy atom. The zero-order chi connectivity index (χ0) is 12.3. The van der Waals surface area contributed by atoms with E-state index in [-0.39, 0.29) is 23.7 Å². The molecule has 5 heteroatoms. The van der Waals surface area contributed by atoms with Crippen LogP contribution >= 0.6 is 0 Å². The van der Waals surface area contributed by atoms with Gasteiger partial charge >= 0.3 is 0 Å². The van der Waals surface area contributed by atoms with Crippen molar-refractivity contribution in [3.63, 3.8) is 0 Å². The number of benzene rings is 1. The van der Waals surface area contributed by atoms with E-state index in [1.165, 1.54) is 12.1 Å². The molecule has 0 spiro atoms. The van der Waals surface area contributed by atoms with Crippen LogP contribution in [-0.4, -0.2) is 33.4 Å². The molecule has 16 heavy (non-hydrogen) atoms. The molecule has 0 atom stereocenters. The predicted molar refractivity (Wildman–Crippen MR) is 58.4 cm³/mol. The fourth-order valence-corrected chi connectivity index (χ4v) is 1.15. The zero-order valence-electron chi connectivity index (χ0n) is 9.19. The largest absolute Gasteiger partial charge is 0.508 e. The minimum atomic E-state index is -0.752. The number of nitrogens with one attached hydrogen (secondary N) is 1. The van der Waals surface area contributed by atoms with E-state index in [9.17, 15) is 15.0 Å². The Bertz CT molecular complexity index is 381. The molecule has 0 fully saturated rings. The van der Waals surface area contributed by atoms with Crippen molar-refractivity contribution in [1.82, 2.24) is 5.32 Å². The molecular formula is C11H15NO4. The molecule has 5 nitrogen and oxygen atoms in total. The van der Waals surface area contributed by atoms with Crippen molar-refractivity contribution in [2.45, 2.75) is 19.4 Å². The smallest absolute Gasteiger partial charge is 0.252 e. The molecule has 0 aliphatic heterocycles. The van der Waals surface area contributed by atoms with Crippen LogP contribution in [0.3, 0.4) is 0 Å². The average molecular weight is 225 g/mol. The number of aromatic hydroxyl groups is 2. The lowest BCUT2D eigenvalue weighted by molar-refractivity contribution is 0.0868. The third kappa shape index (κ3) is 3.13. The number of amides is 1. The monoisotopic (exact) mass is 225 g/mol. The first-order chi connectivity index (χ1) is 7.34. The van der Waals surface area contributed by atoms with Crippen LogP contribution in [0.25, 0.3) is 0 Å². The highest BCUT2D eigenvalue weighted by atomic mass is 16.3. The minimum absolute atomic E-state index is 0.138. The lowest BCUT2D eigenvalue weighted by atomic mass is 10.1. The molecule has 0 radical (unpaired) electrons. The summed E-state index contributed by atoms with van der Waals surface area (Å²) < 4.78 is 0. The van der Waals surface area contributed by atoms with Gasteiger partial charge in [-0.05, 0) is 26.0 Å². The van der Waals surface area contributed by atoms with Gasteiger partial charge in [0.2, 0.25) is 0 Å². The number of phenols is 2. The van der Waals surface area contributed by atoms with Crippen LogP contribution in [0.15, 0.2) is 18.2 Å². The van der Waals surface area contributed by atoms with Crippen LogP contribution < -0.4 is 5.32 Å². The lowest BCUT2D eigenvalue weighted by Gasteiger charge is -2.23. The maximum absolute atomic E-state index is 11.7. The van der Waals surface area contributed by atoms with Crippen LogP contribution in [-0.2, 0) is 0 Å². The number of hydrogen-bond acceptors (Lipinski definition) is 4. The second-order valence-electron chi connectivity index (χ2n) is 4.23. The summed E-state index contributed by atoms with van der Waals surface area (Å²) in [5.74, 6) is -0.843. The van der Waals surface area contributed by atoms with E-state index in [1.54, 1.807) is 13.8 Å². The standard InChI is InChI=1S/C11H15NO4/c1-11(2,6-13)12-10(16)7-3-8(14)5-9(15)4-7/h3-5,13-15H,6H2,1-2H3,(H,12,16). The topological polar surface area (TPSA) is 89.8 Å². The Kier molecular flexibility index (Phi) is 3.39. The molecule has 0 aliphatic carbocycles. The Hall–Kier alpha value is -1.75. The molecule has 1 aromatic rings. The Morgan fingerprint density at radius 1 is 1.25 bits per heavy atom. The van der Waals surface area contributed by atoms with Gasteiger partial charge in [-0.2, -0.15) is 0 Å². The van der Waals surface area contributed by atoms with Crippen molar-refractivity contribution in [2.24, 2.45) is 0 Å². The zero-order valence-corrected chi connectivity index (χ0v) is 9.19. The van der Waals surface area contributed by atoms with Gasteiger partial charge < -0.3 is 20.6 Å². The molecule has 0 aliphatic rings. The predicted octanol–water partition coefficient (Wildman–Crippen LogP) is 0.599. The second-order valence-corrected chi connectivity index (χ2v) is 4.23. The summed E-state index contributed by atoms with van der Waals surface area (Å²) in [6.07, 6.45) is 0.